The summed E-state index contributed by atoms with van der Waals surface area (Å²) in [5, 5.41) is 0. The van der Waals surface area contributed by atoms with Gasteiger partial charge in [0.15, 0.2) is 0 Å². The van der Waals surface area contributed by atoms with Crippen LogP contribution in [0.5, 0.6) is 0 Å². The number of hydrogen-bond donors (Lipinski definition) is 1. The Hall–Kier alpha value is -0.570. The molecule has 66 valence electrons. The minimum atomic E-state index is -0.508. The van der Waals surface area contributed by atoms with Gasteiger partial charge in [-0.3, -0.25) is 4.79 Å². The van der Waals surface area contributed by atoms with Crippen molar-refractivity contribution < 1.29 is 9.53 Å². The van der Waals surface area contributed by atoms with Crippen LogP contribution in [0.1, 0.15) is 33.6 Å². The smallest absolute Gasteiger partial charge is 0.306 e. The van der Waals surface area contributed by atoms with Gasteiger partial charge in [0.2, 0.25) is 0 Å². The van der Waals surface area contributed by atoms with Crippen molar-refractivity contribution in [1.29, 1.82) is 0 Å². The van der Waals surface area contributed by atoms with Crippen LogP contribution in [0, 0.1) is 0 Å². The van der Waals surface area contributed by atoms with Crippen LogP contribution in [0.4, 0.5) is 0 Å². The maximum atomic E-state index is 10.9. The zero-order chi connectivity index (χ0) is 8.91. The molecule has 0 saturated carbocycles. The number of carbonyl (C=O) groups is 1. The standard InChI is InChI=1S/C8H17NO2/c1-4-5-7(10)11-8(2,3)6-9/h4-6,9H2,1-3H3. The highest BCUT2D eigenvalue weighted by molar-refractivity contribution is 5.69. The fraction of sp³-hybridized carbons (Fsp3) is 0.875. The molecule has 2 N–H and O–H groups in total. The topological polar surface area (TPSA) is 52.3 Å². The largest absolute Gasteiger partial charge is 0.458 e. The first-order valence-corrected chi connectivity index (χ1v) is 3.93. The van der Waals surface area contributed by atoms with Crippen molar-refractivity contribution in [3.63, 3.8) is 0 Å². The zero-order valence-electron chi connectivity index (χ0n) is 7.52. The van der Waals surface area contributed by atoms with Gasteiger partial charge in [-0.05, 0) is 20.3 Å². The van der Waals surface area contributed by atoms with Gasteiger partial charge in [0, 0.05) is 13.0 Å². The van der Waals surface area contributed by atoms with Gasteiger partial charge in [0.05, 0.1) is 0 Å². The minimum absolute atomic E-state index is 0.164. The average molecular weight is 159 g/mol. The fourth-order valence-electron chi connectivity index (χ4n) is 0.605. The van der Waals surface area contributed by atoms with E-state index >= 15 is 0 Å². The van der Waals surface area contributed by atoms with E-state index < -0.39 is 5.60 Å². The third-order valence-electron chi connectivity index (χ3n) is 1.34. The molecule has 0 aromatic heterocycles. The van der Waals surface area contributed by atoms with Crippen LogP contribution in [-0.2, 0) is 9.53 Å². The highest BCUT2D eigenvalue weighted by atomic mass is 16.6. The summed E-state index contributed by atoms with van der Waals surface area (Å²) in [4.78, 5) is 10.9. The third-order valence-corrected chi connectivity index (χ3v) is 1.34. The number of rotatable bonds is 4. The quantitative estimate of drug-likeness (QED) is 0.624. The summed E-state index contributed by atoms with van der Waals surface area (Å²) in [5.41, 5.74) is 4.87. The predicted octanol–water partition coefficient (Wildman–Crippen LogP) is 1.07. The van der Waals surface area contributed by atoms with Gasteiger partial charge in [-0.25, -0.2) is 0 Å². The van der Waals surface area contributed by atoms with Crippen molar-refractivity contribution in [2.24, 2.45) is 5.73 Å². The van der Waals surface area contributed by atoms with Crippen molar-refractivity contribution in [2.45, 2.75) is 39.2 Å². The summed E-state index contributed by atoms with van der Waals surface area (Å²) in [6, 6.07) is 0. The van der Waals surface area contributed by atoms with E-state index in [1.54, 1.807) is 13.8 Å². The third kappa shape index (κ3) is 4.79. The summed E-state index contributed by atoms with van der Waals surface area (Å²) < 4.78 is 5.06. The van der Waals surface area contributed by atoms with Gasteiger partial charge >= 0.3 is 5.97 Å². The Morgan fingerprint density at radius 1 is 1.55 bits per heavy atom. The van der Waals surface area contributed by atoms with Crippen molar-refractivity contribution >= 4 is 5.97 Å². The van der Waals surface area contributed by atoms with Crippen LogP contribution in [0.25, 0.3) is 0 Å². The Kier molecular flexibility index (Phi) is 4.11. The van der Waals surface area contributed by atoms with Gasteiger partial charge < -0.3 is 10.5 Å². The molecule has 0 unspecified atom stereocenters. The first kappa shape index (κ1) is 10.4. The molecule has 0 aliphatic carbocycles. The van der Waals surface area contributed by atoms with Crippen LogP contribution in [0.2, 0.25) is 0 Å². The summed E-state index contributed by atoms with van der Waals surface area (Å²) in [5.74, 6) is -0.164. The molecule has 3 heteroatoms. The van der Waals surface area contributed by atoms with Crippen LogP contribution >= 0.6 is 0 Å². The van der Waals surface area contributed by atoms with E-state index in [9.17, 15) is 4.79 Å². The zero-order valence-corrected chi connectivity index (χ0v) is 7.52. The second-order valence-corrected chi connectivity index (χ2v) is 3.19. The van der Waals surface area contributed by atoms with Crippen LogP contribution in [-0.4, -0.2) is 18.1 Å². The Morgan fingerprint density at radius 3 is 2.45 bits per heavy atom. The maximum absolute atomic E-state index is 10.9. The lowest BCUT2D eigenvalue weighted by Crippen LogP contribution is -2.36. The molecule has 0 heterocycles. The van der Waals surface area contributed by atoms with Crippen molar-refractivity contribution in [2.75, 3.05) is 6.54 Å². The Labute approximate surface area is 67.9 Å². The molecule has 0 rings (SSSR count). The van der Waals surface area contributed by atoms with E-state index in [0.717, 1.165) is 6.42 Å². The van der Waals surface area contributed by atoms with Gasteiger partial charge in [0.1, 0.15) is 5.60 Å². The lowest BCUT2D eigenvalue weighted by molar-refractivity contribution is -0.155. The number of carbonyl (C=O) groups excluding carboxylic acids is 1. The highest BCUT2D eigenvalue weighted by Crippen LogP contribution is 2.08. The Balaban J connectivity index is 3.74. The van der Waals surface area contributed by atoms with Crippen LogP contribution < -0.4 is 5.73 Å². The van der Waals surface area contributed by atoms with Crippen molar-refractivity contribution in [3.8, 4) is 0 Å². The first-order chi connectivity index (χ1) is 5.02. The molecule has 0 fully saturated rings. The first-order valence-electron chi connectivity index (χ1n) is 3.93. The molecule has 3 nitrogen and oxygen atoms in total. The molecule has 0 aromatic rings. The molecular weight excluding hydrogens is 142 g/mol. The number of nitrogens with two attached hydrogens (primary N) is 1. The predicted molar refractivity (Wildman–Crippen MR) is 44.1 cm³/mol. The molecular formula is C8H17NO2. The van der Waals surface area contributed by atoms with E-state index in [1.807, 2.05) is 6.92 Å². The molecule has 0 aliphatic rings. The van der Waals surface area contributed by atoms with Gasteiger partial charge in [-0.2, -0.15) is 0 Å². The van der Waals surface area contributed by atoms with Crippen LogP contribution in [0.15, 0.2) is 0 Å². The van der Waals surface area contributed by atoms with Crippen molar-refractivity contribution in [3.05, 3.63) is 0 Å². The van der Waals surface area contributed by atoms with E-state index in [2.05, 4.69) is 0 Å². The summed E-state index contributed by atoms with van der Waals surface area (Å²) in [6.45, 7) is 5.92. The van der Waals surface area contributed by atoms with E-state index in [4.69, 9.17) is 10.5 Å². The monoisotopic (exact) mass is 159 g/mol. The molecule has 0 bridgehead atoms. The summed E-state index contributed by atoms with van der Waals surface area (Å²) >= 11 is 0. The van der Waals surface area contributed by atoms with Gasteiger partial charge in [0.25, 0.3) is 0 Å². The fourth-order valence-corrected chi connectivity index (χ4v) is 0.605. The second-order valence-electron chi connectivity index (χ2n) is 3.19. The molecule has 0 aromatic carbocycles. The summed E-state index contributed by atoms with van der Waals surface area (Å²) in [7, 11) is 0. The SMILES string of the molecule is CCCC(=O)OC(C)(C)CN. The van der Waals surface area contributed by atoms with E-state index in [1.165, 1.54) is 0 Å². The maximum Gasteiger partial charge on any atom is 0.306 e. The normalized spacial score (nSPS) is 11.3. The number of ether oxygens (including phenoxy) is 1. The minimum Gasteiger partial charge on any atom is -0.458 e. The molecule has 0 atom stereocenters. The highest BCUT2D eigenvalue weighted by Gasteiger charge is 2.19. The summed E-state index contributed by atoms with van der Waals surface area (Å²) in [6.07, 6.45) is 1.29. The Morgan fingerprint density at radius 2 is 2.09 bits per heavy atom. The molecule has 0 saturated heterocycles. The molecule has 0 radical (unpaired) electrons. The van der Waals surface area contributed by atoms with E-state index in [-0.39, 0.29) is 5.97 Å². The average Bonchev–Trinajstić information content (AvgIpc) is 1.87. The Bertz CT molecular complexity index is 132. The lowest BCUT2D eigenvalue weighted by Gasteiger charge is -2.22. The van der Waals surface area contributed by atoms with E-state index in [0.29, 0.717) is 13.0 Å². The van der Waals surface area contributed by atoms with Gasteiger partial charge in [-0.1, -0.05) is 6.92 Å². The van der Waals surface area contributed by atoms with Gasteiger partial charge in [-0.15, -0.1) is 0 Å². The molecule has 0 aliphatic heterocycles. The number of hydrogen-bond acceptors (Lipinski definition) is 3. The number of esters is 1. The molecule has 0 spiro atoms. The molecule has 0 amide bonds. The lowest BCUT2D eigenvalue weighted by atomic mass is 10.1. The van der Waals surface area contributed by atoms with Crippen molar-refractivity contribution in [1.82, 2.24) is 0 Å². The van der Waals surface area contributed by atoms with Crippen LogP contribution in [0.3, 0.4) is 0 Å². The molecule has 11 heavy (non-hydrogen) atoms. The second kappa shape index (κ2) is 4.34.